The Kier molecular flexibility index (Phi) is 8.85. The van der Waals surface area contributed by atoms with Gasteiger partial charge in [0.15, 0.2) is 0 Å². The van der Waals surface area contributed by atoms with Crippen molar-refractivity contribution in [3.05, 3.63) is 46.1 Å². The van der Waals surface area contributed by atoms with Crippen molar-refractivity contribution < 1.29 is 14.4 Å². The van der Waals surface area contributed by atoms with Crippen molar-refractivity contribution in [2.75, 3.05) is 6.54 Å². The maximum absolute atomic E-state index is 12.6. The zero-order valence-corrected chi connectivity index (χ0v) is 19.0. The van der Waals surface area contributed by atoms with Crippen LogP contribution in [-0.2, 0) is 20.9 Å². The Morgan fingerprint density at radius 3 is 2.66 bits per heavy atom. The van der Waals surface area contributed by atoms with Gasteiger partial charge in [-0.05, 0) is 62.1 Å². The molecule has 1 aliphatic heterocycles. The Labute approximate surface area is 193 Å². The average molecular weight is 459 g/mol. The zero-order chi connectivity index (χ0) is 22.9. The molecule has 8 heteroatoms. The number of benzene rings is 1. The maximum Gasteiger partial charge on any atom is 0.269 e. The number of hydrogen-bond acceptors (Lipinski definition) is 5. The molecule has 3 rings (SSSR count). The van der Waals surface area contributed by atoms with Crippen molar-refractivity contribution in [2.24, 2.45) is 5.92 Å². The highest BCUT2D eigenvalue weighted by molar-refractivity contribution is 6.44. The predicted octanol–water partition coefficient (Wildman–Crippen LogP) is 3.27. The average Bonchev–Trinajstić information content (AvgIpc) is 3.21. The van der Waals surface area contributed by atoms with Crippen LogP contribution in [0.25, 0.3) is 0 Å². The molecular formula is C24H31ClN4O3. The highest BCUT2D eigenvalue weighted by Gasteiger charge is 2.27. The van der Waals surface area contributed by atoms with E-state index in [0.29, 0.717) is 41.9 Å². The van der Waals surface area contributed by atoms with Gasteiger partial charge in [-0.25, -0.2) is 0 Å². The zero-order valence-electron chi connectivity index (χ0n) is 18.2. The quantitative estimate of drug-likeness (QED) is 0.301. The number of halogens is 1. The van der Waals surface area contributed by atoms with E-state index in [1.807, 2.05) is 12.1 Å². The molecule has 0 radical (unpaired) electrons. The minimum absolute atomic E-state index is 0.0421. The molecule has 1 saturated heterocycles. The van der Waals surface area contributed by atoms with Gasteiger partial charge in [-0.3, -0.25) is 15.0 Å². The highest BCUT2D eigenvalue weighted by Crippen LogP contribution is 2.32. The summed E-state index contributed by atoms with van der Waals surface area (Å²) in [5.74, 6) is 0.166. The fraction of sp³-hybridized carbons (Fsp3) is 0.500. The molecule has 7 nitrogen and oxygen atoms in total. The van der Waals surface area contributed by atoms with Gasteiger partial charge in [-0.2, -0.15) is 0 Å². The first-order valence-electron chi connectivity index (χ1n) is 11.3. The number of aldehydes is 1. The number of allylic oxidation sites excluding steroid dienone is 1. The van der Waals surface area contributed by atoms with Crippen molar-refractivity contribution in [3.8, 4) is 0 Å². The molecule has 2 amide bonds. The first-order chi connectivity index (χ1) is 15.5. The van der Waals surface area contributed by atoms with Gasteiger partial charge in [0.2, 0.25) is 5.91 Å². The van der Waals surface area contributed by atoms with Crippen LogP contribution in [0.1, 0.15) is 56.9 Å². The molecule has 0 bridgehead atoms. The molecule has 172 valence electrons. The summed E-state index contributed by atoms with van der Waals surface area (Å²) in [4.78, 5) is 34.9. The summed E-state index contributed by atoms with van der Waals surface area (Å²) in [6.07, 6.45) is 7.66. The van der Waals surface area contributed by atoms with Crippen molar-refractivity contribution in [1.29, 1.82) is 5.41 Å². The molecule has 1 aliphatic carbocycles. The molecule has 1 heterocycles. The summed E-state index contributed by atoms with van der Waals surface area (Å²) in [6, 6.07) is 7.50. The minimum atomic E-state index is -0.421. The molecule has 0 saturated carbocycles. The number of hydrogen-bond donors (Lipinski definition) is 4. The van der Waals surface area contributed by atoms with Crippen LogP contribution in [0, 0.1) is 11.3 Å². The molecule has 4 N–H and O–H groups in total. The van der Waals surface area contributed by atoms with Gasteiger partial charge in [0.25, 0.3) is 5.91 Å². The van der Waals surface area contributed by atoms with Crippen LogP contribution in [0.3, 0.4) is 0 Å². The highest BCUT2D eigenvalue weighted by atomic mass is 35.5. The summed E-state index contributed by atoms with van der Waals surface area (Å²) >= 11 is 5.89. The Hall–Kier alpha value is -2.67. The van der Waals surface area contributed by atoms with Crippen LogP contribution in [0.2, 0.25) is 5.02 Å². The smallest absolute Gasteiger partial charge is 0.269 e. The lowest BCUT2D eigenvalue weighted by Gasteiger charge is -2.28. The van der Waals surface area contributed by atoms with E-state index in [9.17, 15) is 14.4 Å². The number of amides is 2. The lowest BCUT2D eigenvalue weighted by molar-refractivity contribution is -0.119. The standard InChI is InChI=1S/C24H31ClN4O3/c25-18-7-4-17(5-8-18)15-28-24(32)23(26)20-10-6-16(14-21(20)27-12-13-30)2-1-3-19-9-11-22(31)29-19/h4-5,7-8,13,16,19,26-27H,1-3,6,9-12,14-15H2,(H,28,32)(H,29,31)/t16?,19-/m0/s1. The monoisotopic (exact) mass is 458 g/mol. The van der Waals surface area contributed by atoms with Gasteiger partial charge in [0.05, 0.1) is 6.54 Å². The van der Waals surface area contributed by atoms with E-state index < -0.39 is 5.91 Å². The fourth-order valence-corrected chi connectivity index (χ4v) is 4.56. The minimum Gasteiger partial charge on any atom is -0.381 e. The molecule has 0 aromatic heterocycles. The third-order valence-electron chi connectivity index (χ3n) is 6.20. The molecule has 2 aliphatic rings. The molecule has 1 unspecified atom stereocenters. The second-order valence-corrected chi connectivity index (χ2v) is 8.97. The largest absolute Gasteiger partial charge is 0.381 e. The van der Waals surface area contributed by atoms with Crippen LogP contribution in [0.4, 0.5) is 0 Å². The van der Waals surface area contributed by atoms with E-state index in [0.717, 1.165) is 56.1 Å². The molecule has 0 spiro atoms. The summed E-state index contributed by atoms with van der Waals surface area (Å²) in [7, 11) is 0. The molecule has 1 fully saturated rings. The molecule has 32 heavy (non-hydrogen) atoms. The predicted molar refractivity (Wildman–Crippen MR) is 124 cm³/mol. The molecule has 1 aromatic carbocycles. The van der Waals surface area contributed by atoms with Gasteiger partial charge in [0.1, 0.15) is 12.0 Å². The van der Waals surface area contributed by atoms with E-state index in [1.165, 1.54) is 0 Å². The van der Waals surface area contributed by atoms with Crippen molar-refractivity contribution >= 4 is 35.4 Å². The van der Waals surface area contributed by atoms with E-state index in [-0.39, 0.29) is 18.2 Å². The summed E-state index contributed by atoms with van der Waals surface area (Å²) < 4.78 is 0. The van der Waals surface area contributed by atoms with Gasteiger partial charge >= 0.3 is 0 Å². The SMILES string of the molecule is N=C(C(=O)NCc1ccc(Cl)cc1)C1=C(NCC=O)CC(CCC[C@H]2CCC(=O)N2)CC1. The Balaban J connectivity index is 1.54. The summed E-state index contributed by atoms with van der Waals surface area (Å²) in [6.45, 7) is 0.489. The van der Waals surface area contributed by atoms with Gasteiger partial charge in [-0.1, -0.05) is 30.2 Å². The Morgan fingerprint density at radius 2 is 1.97 bits per heavy atom. The lowest BCUT2D eigenvalue weighted by Crippen LogP contribution is -2.35. The number of carbonyl (C=O) groups excluding carboxylic acids is 3. The van der Waals surface area contributed by atoms with Crippen molar-refractivity contribution in [3.63, 3.8) is 0 Å². The van der Waals surface area contributed by atoms with Crippen LogP contribution in [-0.4, -0.2) is 36.4 Å². The fourth-order valence-electron chi connectivity index (χ4n) is 4.44. The number of nitrogens with one attached hydrogen (secondary N) is 4. The molecular weight excluding hydrogens is 428 g/mol. The third-order valence-corrected chi connectivity index (χ3v) is 6.46. The Morgan fingerprint density at radius 1 is 1.19 bits per heavy atom. The van der Waals surface area contributed by atoms with Crippen LogP contribution < -0.4 is 16.0 Å². The maximum atomic E-state index is 12.6. The first kappa shape index (κ1) is 24.0. The topological polar surface area (TPSA) is 111 Å². The van der Waals surface area contributed by atoms with E-state index >= 15 is 0 Å². The summed E-state index contributed by atoms with van der Waals surface area (Å²) in [5.41, 5.74) is 2.39. The van der Waals surface area contributed by atoms with Crippen LogP contribution >= 0.6 is 11.6 Å². The third kappa shape index (κ3) is 6.92. The van der Waals surface area contributed by atoms with Gasteiger partial charge in [0, 0.05) is 35.3 Å². The van der Waals surface area contributed by atoms with Gasteiger partial charge < -0.3 is 20.7 Å². The number of rotatable bonds is 11. The van der Waals surface area contributed by atoms with E-state index in [4.69, 9.17) is 17.0 Å². The second-order valence-electron chi connectivity index (χ2n) is 8.53. The Bertz CT molecular complexity index is 882. The van der Waals surface area contributed by atoms with Crippen molar-refractivity contribution in [2.45, 2.75) is 64.0 Å². The molecule has 1 aromatic rings. The van der Waals surface area contributed by atoms with Crippen LogP contribution in [0.5, 0.6) is 0 Å². The first-order valence-corrected chi connectivity index (χ1v) is 11.6. The van der Waals surface area contributed by atoms with Crippen LogP contribution in [0.15, 0.2) is 35.5 Å². The lowest BCUT2D eigenvalue weighted by atomic mass is 9.82. The number of carbonyl (C=O) groups is 3. The van der Waals surface area contributed by atoms with Gasteiger partial charge in [-0.15, -0.1) is 0 Å². The van der Waals surface area contributed by atoms with E-state index in [2.05, 4.69) is 16.0 Å². The van der Waals surface area contributed by atoms with E-state index in [1.54, 1.807) is 12.1 Å². The van der Waals surface area contributed by atoms with Crippen molar-refractivity contribution in [1.82, 2.24) is 16.0 Å². The summed E-state index contributed by atoms with van der Waals surface area (Å²) in [5, 5.41) is 18.0. The molecule has 2 atom stereocenters. The second kappa shape index (κ2) is 11.8. The normalized spacial score (nSPS) is 20.6.